The summed E-state index contributed by atoms with van der Waals surface area (Å²) in [6.07, 6.45) is 8.48. The third kappa shape index (κ3) is 7.71. The Morgan fingerprint density at radius 1 is 1.14 bits per heavy atom. The predicted molar refractivity (Wildman–Crippen MR) is 127 cm³/mol. The molecule has 0 bridgehead atoms. The van der Waals surface area contributed by atoms with Gasteiger partial charge in [-0.3, -0.25) is 0 Å². The van der Waals surface area contributed by atoms with Crippen LogP contribution in [0.15, 0.2) is 45.8 Å². The molecular weight excluding hydrogens is 487 g/mol. The fraction of sp³-hybridized carbons (Fsp3) is 0.550. The monoisotopic (exact) mass is 520 g/mol. The molecule has 0 saturated carbocycles. The van der Waals surface area contributed by atoms with Crippen LogP contribution < -0.4 is 10.6 Å². The maximum absolute atomic E-state index is 12.1. The van der Waals surface area contributed by atoms with E-state index in [1.54, 1.807) is 17.7 Å². The second kappa shape index (κ2) is 12.4. The molecule has 2 rings (SSSR count). The normalized spacial score (nSPS) is 15.0. The zero-order valence-corrected chi connectivity index (χ0v) is 20.2. The third-order valence-electron chi connectivity index (χ3n) is 4.59. The maximum atomic E-state index is 12.1. The molecule has 0 atom stereocenters. The fourth-order valence-electron chi connectivity index (χ4n) is 2.96. The molecule has 0 fully saturated rings. The summed E-state index contributed by atoms with van der Waals surface area (Å²) in [5.41, 5.74) is 2.52. The van der Waals surface area contributed by atoms with E-state index in [0.717, 1.165) is 31.0 Å². The van der Waals surface area contributed by atoms with Crippen molar-refractivity contribution in [3.05, 3.63) is 41.5 Å². The number of nitrogens with one attached hydrogen (secondary N) is 2. The van der Waals surface area contributed by atoms with Crippen LogP contribution in [0.1, 0.15) is 44.6 Å². The Kier molecular flexibility index (Phi) is 11.1. The summed E-state index contributed by atoms with van der Waals surface area (Å²) in [6, 6.07) is 6.90. The number of hydrogen-bond donors (Lipinski definition) is 2. The maximum Gasteiger partial charge on any atom is 0.242 e. The Hall–Kier alpha value is -1.13. The lowest BCUT2D eigenvalue weighted by Gasteiger charge is -2.15. The zero-order chi connectivity index (χ0) is 19.7. The van der Waals surface area contributed by atoms with Gasteiger partial charge in [0.1, 0.15) is 0 Å². The van der Waals surface area contributed by atoms with Crippen molar-refractivity contribution >= 4 is 40.0 Å². The molecule has 158 valence electrons. The summed E-state index contributed by atoms with van der Waals surface area (Å²) in [5.74, 6) is 0.791. The number of allylic oxidation sites excluding steroid dienone is 1. The van der Waals surface area contributed by atoms with Crippen molar-refractivity contribution in [2.45, 2.75) is 50.5 Å². The highest BCUT2D eigenvalue weighted by atomic mass is 127. The van der Waals surface area contributed by atoms with Crippen molar-refractivity contribution in [3.8, 4) is 0 Å². The molecule has 0 saturated heterocycles. The molecular formula is C20H33IN4O2S. The van der Waals surface area contributed by atoms with Crippen LogP contribution in [-0.2, 0) is 16.6 Å². The minimum absolute atomic E-state index is 0. The highest BCUT2D eigenvalue weighted by Crippen LogP contribution is 2.19. The van der Waals surface area contributed by atoms with E-state index in [1.165, 1.54) is 44.1 Å². The van der Waals surface area contributed by atoms with Crippen molar-refractivity contribution in [2.24, 2.45) is 4.99 Å². The molecule has 2 N–H and O–H groups in total. The number of aliphatic imine (C=N–C) groups is 1. The molecule has 0 amide bonds. The van der Waals surface area contributed by atoms with Gasteiger partial charge in [-0.1, -0.05) is 23.8 Å². The van der Waals surface area contributed by atoms with E-state index in [2.05, 4.69) is 21.7 Å². The molecule has 1 aliphatic rings. The van der Waals surface area contributed by atoms with Gasteiger partial charge in [0.15, 0.2) is 5.96 Å². The number of hydrogen-bond acceptors (Lipinski definition) is 3. The number of halogens is 1. The largest absolute Gasteiger partial charge is 0.357 e. The smallest absolute Gasteiger partial charge is 0.242 e. The lowest BCUT2D eigenvalue weighted by molar-refractivity contribution is 0.520. The first-order valence-corrected chi connectivity index (χ1v) is 11.1. The van der Waals surface area contributed by atoms with Crippen molar-refractivity contribution in [1.29, 1.82) is 0 Å². The quantitative estimate of drug-likeness (QED) is 0.238. The van der Waals surface area contributed by atoms with E-state index in [9.17, 15) is 8.42 Å². The van der Waals surface area contributed by atoms with Crippen LogP contribution in [0, 0.1) is 0 Å². The molecule has 0 radical (unpaired) electrons. The van der Waals surface area contributed by atoms with Crippen molar-refractivity contribution < 1.29 is 8.42 Å². The standard InChI is InChI=1S/C20H32N4O2S.HI/c1-4-21-20(22-15-14-17-8-6-5-7-9-17)23-16-18-10-12-19(13-11-18)27(25,26)24(2)3;/h8,10-13H,4-7,9,14-16H2,1-3H3,(H2,21,22,23);1H. The van der Waals surface area contributed by atoms with E-state index in [-0.39, 0.29) is 24.0 Å². The summed E-state index contributed by atoms with van der Waals surface area (Å²) in [7, 11) is -0.323. The molecule has 28 heavy (non-hydrogen) atoms. The molecule has 0 aromatic heterocycles. The average molecular weight is 520 g/mol. The van der Waals surface area contributed by atoms with E-state index in [0.29, 0.717) is 11.4 Å². The van der Waals surface area contributed by atoms with E-state index in [1.807, 2.05) is 19.1 Å². The molecule has 8 heteroatoms. The molecule has 1 aromatic carbocycles. The van der Waals surface area contributed by atoms with Crippen molar-refractivity contribution in [3.63, 3.8) is 0 Å². The molecule has 1 aromatic rings. The lowest BCUT2D eigenvalue weighted by Crippen LogP contribution is -2.37. The van der Waals surface area contributed by atoms with Crippen LogP contribution in [0.2, 0.25) is 0 Å². The first-order chi connectivity index (χ1) is 12.9. The second-order valence-electron chi connectivity index (χ2n) is 6.91. The summed E-state index contributed by atoms with van der Waals surface area (Å²) in [4.78, 5) is 4.91. The Morgan fingerprint density at radius 2 is 1.86 bits per heavy atom. The topological polar surface area (TPSA) is 73.8 Å². The minimum atomic E-state index is -3.39. The number of guanidine groups is 1. The summed E-state index contributed by atoms with van der Waals surface area (Å²) < 4.78 is 25.5. The van der Waals surface area contributed by atoms with Crippen LogP contribution >= 0.6 is 24.0 Å². The van der Waals surface area contributed by atoms with Gasteiger partial charge >= 0.3 is 0 Å². The third-order valence-corrected chi connectivity index (χ3v) is 6.42. The number of nitrogens with zero attached hydrogens (tertiary/aromatic N) is 2. The molecule has 6 nitrogen and oxygen atoms in total. The first kappa shape index (κ1) is 24.9. The van der Waals surface area contributed by atoms with E-state index in [4.69, 9.17) is 0 Å². The van der Waals surface area contributed by atoms with Gasteiger partial charge in [0, 0.05) is 27.2 Å². The van der Waals surface area contributed by atoms with Crippen LogP contribution in [0.5, 0.6) is 0 Å². The lowest BCUT2D eigenvalue weighted by atomic mass is 9.97. The SMILES string of the molecule is CCNC(=NCc1ccc(S(=O)(=O)N(C)C)cc1)NCCC1=CCCCC1.I. The van der Waals surface area contributed by atoms with Gasteiger partial charge in [0.2, 0.25) is 10.0 Å². The Labute approximate surface area is 187 Å². The van der Waals surface area contributed by atoms with Crippen LogP contribution in [0.25, 0.3) is 0 Å². The molecule has 0 aliphatic heterocycles. The van der Waals surface area contributed by atoms with Crippen LogP contribution in [-0.4, -0.2) is 45.9 Å². The second-order valence-corrected chi connectivity index (χ2v) is 9.06. The highest BCUT2D eigenvalue weighted by Gasteiger charge is 2.16. The fourth-order valence-corrected chi connectivity index (χ4v) is 3.86. The summed E-state index contributed by atoms with van der Waals surface area (Å²) in [6.45, 7) is 4.22. The molecule has 0 heterocycles. The van der Waals surface area contributed by atoms with Gasteiger partial charge in [-0.15, -0.1) is 24.0 Å². The van der Waals surface area contributed by atoms with E-state index >= 15 is 0 Å². The van der Waals surface area contributed by atoms with Crippen LogP contribution in [0.4, 0.5) is 0 Å². The Morgan fingerprint density at radius 3 is 2.43 bits per heavy atom. The summed E-state index contributed by atoms with van der Waals surface area (Å²) in [5, 5.41) is 6.64. The first-order valence-electron chi connectivity index (χ1n) is 9.65. The molecule has 0 unspecified atom stereocenters. The molecule has 1 aliphatic carbocycles. The van der Waals surface area contributed by atoms with Crippen molar-refractivity contribution in [2.75, 3.05) is 27.2 Å². The van der Waals surface area contributed by atoms with Gasteiger partial charge in [-0.05, 0) is 56.7 Å². The minimum Gasteiger partial charge on any atom is -0.357 e. The number of sulfonamides is 1. The number of rotatable bonds is 8. The van der Waals surface area contributed by atoms with Gasteiger partial charge in [-0.2, -0.15) is 0 Å². The van der Waals surface area contributed by atoms with Gasteiger partial charge in [-0.25, -0.2) is 17.7 Å². The van der Waals surface area contributed by atoms with Gasteiger partial charge in [0.25, 0.3) is 0 Å². The van der Waals surface area contributed by atoms with Gasteiger partial charge in [0.05, 0.1) is 11.4 Å². The zero-order valence-electron chi connectivity index (χ0n) is 17.1. The Bertz CT molecular complexity index is 759. The summed E-state index contributed by atoms with van der Waals surface area (Å²) >= 11 is 0. The predicted octanol–water partition coefficient (Wildman–Crippen LogP) is 3.50. The van der Waals surface area contributed by atoms with Crippen molar-refractivity contribution in [1.82, 2.24) is 14.9 Å². The highest BCUT2D eigenvalue weighted by molar-refractivity contribution is 14.0. The Balaban J connectivity index is 0.00000392. The van der Waals surface area contributed by atoms with Crippen LogP contribution in [0.3, 0.4) is 0 Å². The van der Waals surface area contributed by atoms with E-state index < -0.39 is 10.0 Å². The van der Waals surface area contributed by atoms with Gasteiger partial charge < -0.3 is 10.6 Å². The average Bonchev–Trinajstić information content (AvgIpc) is 2.67. The number of benzene rings is 1. The molecule has 0 spiro atoms.